The van der Waals surface area contributed by atoms with Crippen molar-refractivity contribution in [2.75, 3.05) is 11.8 Å². The number of carbonyl (C=O) groups is 1. The highest BCUT2D eigenvalue weighted by molar-refractivity contribution is 7.92. The molecule has 0 spiro atoms. The molecule has 0 saturated carbocycles. The summed E-state index contributed by atoms with van der Waals surface area (Å²) in [5, 5.41) is 9.21. The number of methoxy groups -OCH3 is 1. The number of halogens is 3. The third-order valence-electron chi connectivity index (χ3n) is 5.27. The number of hydrogen-bond donors (Lipinski definition) is 2. The van der Waals surface area contributed by atoms with Gasteiger partial charge in [-0.3, -0.25) is 4.72 Å². The van der Waals surface area contributed by atoms with Crippen molar-refractivity contribution in [3.8, 4) is 11.5 Å². The lowest BCUT2D eigenvalue weighted by atomic mass is 10.0. The second-order valence-corrected chi connectivity index (χ2v) is 9.79. The second kappa shape index (κ2) is 10.5. The Kier molecular flexibility index (Phi) is 7.83. The van der Waals surface area contributed by atoms with Gasteiger partial charge in [-0.2, -0.15) is 13.2 Å². The zero-order valence-electron chi connectivity index (χ0n) is 19.6. The van der Waals surface area contributed by atoms with Gasteiger partial charge in [0.05, 0.1) is 23.3 Å². The van der Waals surface area contributed by atoms with Gasteiger partial charge in [-0.25, -0.2) is 13.2 Å². The van der Waals surface area contributed by atoms with Gasteiger partial charge in [-0.1, -0.05) is 38.1 Å². The van der Waals surface area contributed by atoms with Crippen molar-refractivity contribution in [3.63, 3.8) is 0 Å². The predicted octanol–water partition coefficient (Wildman–Crippen LogP) is 5.92. The molecule has 0 radical (unpaired) electrons. The molecular formula is C25H24F3NO6S. The van der Waals surface area contributed by atoms with Crippen LogP contribution < -0.4 is 14.2 Å². The lowest BCUT2D eigenvalue weighted by Gasteiger charge is -2.18. The van der Waals surface area contributed by atoms with Crippen LogP contribution >= 0.6 is 0 Å². The van der Waals surface area contributed by atoms with Crippen molar-refractivity contribution < 1.29 is 41.0 Å². The van der Waals surface area contributed by atoms with Gasteiger partial charge in [0.2, 0.25) is 0 Å². The number of carboxylic acids is 1. The fourth-order valence-corrected chi connectivity index (χ4v) is 4.91. The molecule has 7 nitrogen and oxygen atoms in total. The number of benzene rings is 3. The number of hydrogen-bond acceptors (Lipinski definition) is 5. The number of anilines is 1. The van der Waals surface area contributed by atoms with Crippen LogP contribution in [0.2, 0.25) is 0 Å². The van der Waals surface area contributed by atoms with Crippen LogP contribution in [0.3, 0.4) is 0 Å². The van der Waals surface area contributed by atoms with Crippen molar-refractivity contribution in [2.24, 2.45) is 0 Å². The highest BCUT2D eigenvalue weighted by atomic mass is 32.2. The van der Waals surface area contributed by atoms with Gasteiger partial charge < -0.3 is 14.6 Å². The van der Waals surface area contributed by atoms with Crippen LogP contribution in [0, 0.1) is 0 Å². The van der Waals surface area contributed by atoms with Gasteiger partial charge in [0.25, 0.3) is 10.0 Å². The Morgan fingerprint density at radius 2 is 1.72 bits per heavy atom. The molecule has 3 aromatic rings. The molecule has 11 heteroatoms. The number of carboxylic acid groups (broad SMARTS) is 1. The van der Waals surface area contributed by atoms with Crippen molar-refractivity contribution in [1.82, 2.24) is 0 Å². The number of sulfonamides is 1. The molecule has 3 aromatic carbocycles. The Hall–Kier alpha value is -3.73. The third-order valence-corrected chi connectivity index (χ3v) is 6.71. The monoisotopic (exact) mass is 523 g/mol. The lowest BCUT2D eigenvalue weighted by molar-refractivity contribution is -0.137. The Morgan fingerprint density at radius 1 is 1.03 bits per heavy atom. The molecule has 0 aliphatic carbocycles. The van der Waals surface area contributed by atoms with Gasteiger partial charge in [0.1, 0.15) is 23.7 Å². The molecule has 3 rings (SSSR count). The zero-order chi connectivity index (χ0) is 26.7. The summed E-state index contributed by atoms with van der Waals surface area (Å²) < 4.78 is 79.4. The average Bonchev–Trinajstić information content (AvgIpc) is 2.82. The predicted molar refractivity (Wildman–Crippen MR) is 127 cm³/mol. The summed E-state index contributed by atoms with van der Waals surface area (Å²) in [7, 11) is -2.89. The molecule has 36 heavy (non-hydrogen) atoms. The van der Waals surface area contributed by atoms with Crippen molar-refractivity contribution >= 4 is 21.7 Å². The van der Waals surface area contributed by atoms with Crippen LogP contribution in [-0.4, -0.2) is 26.6 Å². The smallest absolute Gasteiger partial charge is 0.416 e. The highest BCUT2D eigenvalue weighted by Gasteiger charge is 2.32. The van der Waals surface area contributed by atoms with E-state index in [1.165, 1.54) is 31.4 Å². The van der Waals surface area contributed by atoms with Crippen molar-refractivity contribution in [2.45, 2.75) is 37.4 Å². The normalized spacial score (nSPS) is 11.9. The van der Waals surface area contributed by atoms with E-state index in [4.69, 9.17) is 9.47 Å². The first-order valence-electron chi connectivity index (χ1n) is 10.7. The van der Waals surface area contributed by atoms with Crippen LogP contribution in [0.5, 0.6) is 11.5 Å². The van der Waals surface area contributed by atoms with E-state index in [-0.39, 0.29) is 40.2 Å². The maximum Gasteiger partial charge on any atom is 0.416 e. The van der Waals surface area contributed by atoms with Crippen LogP contribution in [-0.2, 0) is 22.8 Å². The van der Waals surface area contributed by atoms with Gasteiger partial charge in [0, 0.05) is 0 Å². The van der Waals surface area contributed by atoms with Crippen LogP contribution in [0.25, 0.3) is 0 Å². The minimum absolute atomic E-state index is 0.000145. The fraction of sp³-hybridized carbons (Fsp3) is 0.240. The molecule has 0 bridgehead atoms. The van der Waals surface area contributed by atoms with Crippen molar-refractivity contribution in [3.05, 3.63) is 82.9 Å². The Bertz CT molecular complexity index is 1370. The third kappa shape index (κ3) is 6.09. The largest absolute Gasteiger partial charge is 0.496 e. The summed E-state index contributed by atoms with van der Waals surface area (Å²) >= 11 is 0. The number of aromatic carboxylic acids is 1. The zero-order valence-corrected chi connectivity index (χ0v) is 20.4. The second-order valence-electron chi connectivity index (χ2n) is 8.14. The number of alkyl halides is 3. The molecule has 192 valence electrons. The summed E-state index contributed by atoms with van der Waals surface area (Å²) in [5.41, 5.74) is -0.367. The minimum atomic E-state index is -4.69. The minimum Gasteiger partial charge on any atom is -0.496 e. The van der Waals surface area contributed by atoms with E-state index in [1.54, 1.807) is 18.2 Å². The van der Waals surface area contributed by atoms with E-state index in [0.717, 1.165) is 12.1 Å². The molecule has 0 amide bonds. The summed E-state index contributed by atoms with van der Waals surface area (Å²) in [6, 6.07) is 12.8. The average molecular weight is 524 g/mol. The molecule has 2 N–H and O–H groups in total. The molecule has 0 atom stereocenters. The van der Waals surface area contributed by atoms with Gasteiger partial charge >= 0.3 is 12.1 Å². The maximum absolute atomic E-state index is 13.4. The van der Waals surface area contributed by atoms with Crippen LogP contribution in [0.4, 0.5) is 18.9 Å². The van der Waals surface area contributed by atoms with E-state index in [1.807, 2.05) is 13.8 Å². The van der Waals surface area contributed by atoms with Gasteiger partial charge in [0.15, 0.2) is 0 Å². The number of rotatable bonds is 9. The SMILES string of the molecule is COc1cc(COc2cc(C(F)(F)F)ccc2NS(=O)(=O)c2ccccc2C(C)C)ccc1C(=O)O. The Morgan fingerprint density at radius 3 is 2.33 bits per heavy atom. The first-order valence-corrected chi connectivity index (χ1v) is 12.2. The molecular weight excluding hydrogens is 499 g/mol. The Labute approximate surface area is 206 Å². The van der Waals surface area contributed by atoms with Gasteiger partial charge in [-0.05, 0) is 53.4 Å². The molecule has 0 aliphatic heterocycles. The molecule has 0 aliphatic rings. The first kappa shape index (κ1) is 26.9. The highest BCUT2D eigenvalue weighted by Crippen LogP contribution is 2.37. The standard InChI is InChI=1S/C25H24F3NO6S/c1-15(2)18-6-4-5-7-23(18)36(32,33)29-20-11-9-17(25(26,27)28)13-22(20)35-14-16-8-10-19(24(30)31)21(12-16)34-3/h4-13,15,29H,14H2,1-3H3,(H,30,31). The first-order chi connectivity index (χ1) is 16.8. The fourth-order valence-electron chi connectivity index (χ4n) is 3.47. The topological polar surface area (TPSA) is 102 Å². The van der Waals surface area contributed by atoms with E-state index < -0.39 is 27.7 Å². The van der Waals surface area contributed by atoms with E-state index in [9.17, 15) is 31.5 Å². The summed E-state index contributed by atoms with van der Waals surface area (Å²) in [5.74, 6) is -1.64. The van der Waals surface area contributed by atoms with E-state index >= 15 is 0 Å². The summed E-state index contributed by atoms with van der Waals surface area (Å²) in [6.07, 6.45) is -4.69. The number of nitrogens with one attached hydrogen (secondary N) is 1. The van der Waals surface area contributed by atoms with E-state index in [2.05, 4.69) is 4.72 Å². The van der Waals surface area contributed by atoms with Crippen LogP contribution in [0.15, 0.2) is 65.6 Å². The molecule has 0 fully saturated rings. The summed E-state index contributed by atoms with van der Waals surface area (Å²) in [4.78, 5) is 11.3. The van der Waals surface area contributed by atoms with Gasteiger partial charge in [-0.15, -0.1) is 0 Å². The quantitative estimate of drug-likeness (QED) is 0.361. The Balaban J connectivity index is 1.98. The summed E-state index contributed by atoms with van der Waals surface area (Å²) in [6.45, 7) is 3.37. The molecule has 0 aromatic heterocycles. The van der Waals surface area contributed by atoms with Crippen LogP contribution in [0.1, 0.15) is 46.8 Å². The molecule has 0 saturated heterocycles. The number of ether oxygens (including phenoxy) is 2. The molecule has 0 heterocycles. The molecule has 0 unspecified atom stereocenters. The maximum atomic E-state index is 13.4. The van der Waals surface area contributed by atoms with E-state index in [0.29, 0.717) is 17.2 Å². The lowest BCUT2D eigenvalue weighted by Crippen LogP contribution is -2.17. The van der Waals surface area contributed by atoms with Crippen molar-refractivity contribution in [1.29, 1.82) is 0 Å².